The summed E-state index contributed by atoms with van der Waals surface area (Å²) in [4.78, 5) is 0.808. The number of aliphatic hydroxyl groups excluding tert-OH is 1. The van der Waals surface area contributed by atoms with Crippen molar-refractivity contribution in [3.05, 3.63) is 14.7 Å². The predicted molar refractivity (Wildman–Crippen MR) is 72.1 cm³/mol. The Balaban J connectivity index is 2.09. The maximum Gasteiger partial charge on any atom is 0.242 e. The van der Waals surface area contributed by atoms with Crippen LogP contribution in [0.15, 0.2) is 14.7 Å². The molecule has 1 aromatic rings. The minimum absolute atomic E-state index is 0.0654. The summed E-state index contributed by atoms with van der Waals surface area (Å²) in [5, 5.41) is 9.00. The number of nitrogens with one attached hydrogen (secondary N) is 1. The highest BCUT2D eigenvalue weighted by atomic mass is 79.9. The first-order valence-electron chi connectivity index (χ1n) is 5.40. The fraction of sp³-hybridized carbons (Fsp3) is 0.600. The van der Waals surface area contributed by atoms with Crippen LogP contribution >= 0.6 is 27.3 Å². The summed E-state index contributed by atoms with van der Waals surface area (Å²) in [6.07, 6.45) is 1.55. The standard InChI is InChI=1S/C10H14BrNO4S2/c1-16-7-2-6(3-7)12-18(14,15)9-4-8(5-13)17-10(9)11/h4,6-7,12-13H,2-3,5H2,1H3. The van der Waals surface area contributed by atoms with Crippen molar-refractivity contribution in [1.82, 2.24) is 4.72 Å². The lowest BCUT2D eigenvalue weighted by Crippen LogP contribution is -2.47. The lowest BCUT2D eigenvalue weighted by atomic mass is 9.90. The molecule has 0 bridgehead atoms. The normalized spacial score (nSPS) is 23.9. The average molecular weight is 356 g/mol. The van der Waals surface area contributed by atoms with Crippen LogP contribution in [-0.4, -0.2) is 32.8 Å². The zero-order chi connectivity index (χ0) is 13.3. The van der Waals surface area contributed by atoms with Crippen LogP contribution in [0, 0.1) is 0 Å². The van der Waals surface area contributed by atoms with E-state index >= 15 is 0 Å². The van der Waals surface area contributed by atoms with Gasteiger partial charge in [-0.15, -0.1) is 11.3 Å². The minimum Gasteiger partial charge on any atom is -0.391 e. The van der Waals surface area contributed by atoms with Gasteiger partial charge in [0, 0.05) is 18.0 Å². The van der Waals surface area contributed by atoms with Crippen LogP contribution in [0.5, 0.6) is 0 Å². The zero-order valence-corrected chi connectivity index (χ0v) is 12.9. The summed E-state index contributed by atoms with van der Waals surface area (Å²) >= 11 is 4.43. The topological polar surface area (TPSA) is 75.6 Å². The molecule has 1 aliphatic rings. The molecule has 0 spiro atoms. The SMILES string of the molecule is COC1CC(NS(=O)(=O)c2cc(CO)sc2Br)C1. The van der Waals surface area contributed by atoms with Crippen molar-refractivity contribution < 1.29 is 18.3 Å². The number of methoxy groups -OCH3 is 1. The van der Waals surface area contributed by atoms with Gasteiger partial charge in [-0.2, -0.15) is 0 Å². The summed E-state index contributed by atoms with van der Waals surface area (Å²) in [7, 11) is -1.90. The third-order valence-electron chi connectivity index (χ3n) is 2.90. The van der Waals surface area contributed by atoms with Crippen molar-refractivity contribution in [2.24, 2.45) is 0 Å². The molecular weight excluding hydrogens is 342 g/mol. The molecule has 0 radical (unpaired) electrons. The van der Waals surface area contributed by atoms with Gasteiger partial charge in [-0.1, -0.05) is 0 Å². The molecule has 0 aromatic carbocycles. The maximum absolute atomic E-state index is 12.1. The van der Waals surface area contributed by atoms with E-state index in [2.05, 4.69) is 20.7 Å². The molecule has 2 N–H and O–H groups in total. The van der Waals surface area contributed by atoms with E-state index in [0.717, 1.165) is 0 Å². The molecule has 0 unspecified atom stereocenters. The number of thiophene rings is 1. The first-order valence-corrected chi connectivity index (χ1v) is 8.49. The van der Waals surface area contributed by atoms with Crippen LogP contribution in [0.25, 0.3) is 0 Å². The molecular formula is C10H14BrNO4S2. The summed E-state index contributed by atoms with van der Waals surface area (Å²) < 4.78 is 32.5. The maximum atomic E-state index is 12.1. The van der Waals surface area contributed by atoms with Crippen LogP contribution in [0.4, 0.5) is 0 Å². The molecule has 5 nitrogen and oxygen atoms in total. The molecule has 2 rings (SSSR count). The molecule has 18 heavy (non-hydrogen) atoms. The largest absolute Gasteiger partial charge is 0.391 e. The second-order valence-electron chi connectivity index (χ2n) is 4.16. The van der Waals surface area contributed by atoms with Crippen molar-refractivity contribution in [3.63, 3.8) is 0 Å². The lowest BCUT2D eigenvalue weighted by molar-refractivity contribution is 0.0236. The van der Waals surface area contributed by atoms with Gasteiger partial charge in [0.15, 0.2) is 0 Å². The molecule has 1 saturated carbocycles. The summed E-state index contributed by atoms with van der Waals surface area (Å²) in [6.45, 7) is -0.159. The second-order valence-corrected chi connectivity index (χ2v) is 8.29. The Labute approximate surface area is 118 Å². The van der Waals surface area contributed by atoms with Crippen LogP contribution < -0.4 is 4.72 Å². The summed E-state index contributed by atoms with van der Waals surface area (Å²) in [5.74, 6) is 0. The van der Waals surface area contributed by atoms with Crippen LogP contribution in [0.1, 0.15) is 17.7 Å². The van der Waals surface area contributed by atoms with Gasteiger partial charge in [0.05, 0.1) is 16.5 Å². The Hall–Kier alpha value is 0.01000. The lowest BCUT2D eigenvalue weighted by Gasteiger charge is -2.34. The summed E-state index contributed by atoms with van der Waals surface area (Å²) in [5.41, 5.74) is 0. The number of rotatable bonds is 5. The molecule has 0 saturated heterocycles. The average Bonchev–Trinajstić information content (AvgIpc) is 2.65. The number of halogens is 1. The van der Waals surface area contributed by atoms with Crippen LogP contribution in [0.2, 0.25) is 0 Å². The van der Waals surface area contributed by atoms with E-state index in [9.17, 15) is 8.42 Å². The quantitative estimate of drug-likeness (QED) is 0.838. The third-order valence-corrected chi connectivity index (χ3v) is 6.66. The Morgan fingerprint density at radius 2 is 2.28 bits per heavy atom. The van der Waals surface area contributed by atoms with Gasteiger partial charge in [0.2, 0.25) is 10.0 Å². The van der Waals surface area contributed by atoms with E-state index in [-0.39, 0.29) is 23.6 Å². The second kappa shape index (κ2) is 5.56. The van der Waals surface area contributed by atoms with Crippen LogP contribution in [0.3, 0.4) is 0 Å². The van der Waals surface area contributed by atoms with E-state index in [1.54, 1.807) is 7.11 Å². The van der Waals surface area contributed by atoms with Crippen molar-refractivity contribution in [2.45, 2.75) is 36.5 Å². The molecule has 1 fully saturated rings. The molecule has 102 valence electrons. The third kappa shape index (κ3) is 2.94. The molecule has 0 aliphatic heterocycles. The minimum atomic E-state index is -3.53. The van der Waals surface area contributed by atoms with Gasteiger partial charge in [0.25, 0.3) is 0 Å². The molecule has 1 heterocycles. The molecule has 8 heteroatoms. The van der Waals surface area contributed by atoms with Crippen molar-refractivity contribution in [3.8, 4) is 0 Å². The van der Waals surface area contributed by atoms with E-state index < -0.39 is 10.0 Å². The fourth-order valence-electron chi connectivity index (χ4n) is 1.80. The Kier molecular flexibility index (Phi) is 4.45. The molecule has 0 amide bonds. The first-order chi connectivity index (χ1) is 8.46. The van der Waals surface area contributed by atoms with Gasteiger partial charge >= 0.3 is 0 Å². The highest BCUT2D eigenvalue weighted by Gasteiger charge is 2.33. The van der Waals surface area contributed by atoms with Gasteiger partial charge in [-0.05, 0) is 34.8 Å². The van der Waals surface area contributed by atoms with E-state index in [1.807, 2.05) is 0 Å². The van der Waals surface area contributed by atoms with Gasteiger partial charge in [0.1, 0.15) is 4.90 Å². The van der Waals surface area contributed by atoms with E-state index in [0.29, 0.717) is 21.5 Å². The summed E-state index contributed by atoms with van der Waals surface area (Å²) in [6, 6.07) is 1.42. The fourth-order valence-corrected chi connectivity index (χ4v) is 5.60. The number of ether oxygens (including phenoxy) is 1. The highest BCUT2D eigenvalue weighted by molar-refractivity contribution is 9.11. The predicted octanol–water partition coefficient (Wildman–Crippen LogP) is 1.46. The first kappa shape index (κ1) is 14.4. The highest BCUT2D eigenvalue weighted by Crippen LogP contribution is 2.33. The number of hydrogen-bond acceptors (Lipinski definition) is 5. The van der Waals surface area contributed by atoms with E-state index in [1.165, 1.54) is 17.4 Å². The Morgan fingerprint density at radius 3 is 2.78 bits per heavy atom. The van der Waals surface area contributed by atoms with Gasteiger partial charge < -0.3 is 9.84 Å². The number of aliphatic hydroxyl groups is 1. The molecule has 0 atom stereocenters. The Morgan fingerprint density at radius 1 is 1.61 bits per heavy atom. The van der Waals surface area contributed by atoms with Crippen LogP contribution in [-0.2, 0) is 21.4 Å². The van der Waals surface area contributed by atoms with E-state index in [4.69, 9.17) is 9.84 Å². The number of sulfonamides is 1. The van der Waals surface area contributed by atoms with Gasteiger partial charge in [-0.25, -0.2) is 13.1 Å². The monoisotopic (exact) mass is 355 g/mol. The molecule has 1 aliphatic carbocycles. The van der Waals surface area contributed by atoms with Gasteiger partial charge in [-0.3, -0.25) is 0 Å². The van der Waals surface area contributed by atoms with Crippen molar-refractivity contribution in [2.75, 3.05) is 7.11 Å². The van der Waals surface area contributed by atoms with Crippen molar-refractivity contribution in [1.29, 1.82) is 0 Å². The smallest absolute Gasteiger partial charge is 0.242 e. The zero-order valence-electron chi connectivity index (χ0n) is 9.72. The van der Waals surface area contributed by atoms with Crippen molar-refractivity contribution >= 4 is 37.3 Å². The molecule has 1 aromatic heterocycles. The number of hydrogen-bond donors (Lipinski definition) is 2. The Bertz CT molecular complexity index is 522.